The lowest BCUT2D eigenvalue weighted by molar-refractivity contribution is -0.116. The van der Waals surface area contributed by atoms with Crippen molar-refractivity contribution in [3.63, 3.8) is 0 Å². The van der Waals surface area contributed by atoms with Crippen LogP contribution in [0.2, 0.25) is 0 Å². The summed E-state index contributed by atoms with van der Waals surface area (Å²) in [4.78, 5) is 35.4. The van der Waals surface area contributed by atoms with Gasteiger partial charge in [-0.1, -0.05) is 29.8 Å². The van der Waals surface area contributed by atoms with Gasteiger partial charge in [-0.2, -0.15) is 5.26 Å². The smallest absolute Gasteiger partial charge is 0.238 e. The largest absolute Gasteiger partial charge is 0.326 e. The number of hydrogen-bond donors (Lipinski definition) is 2. The fourth-order valence-corrected chi connectivity index (χ4v) is 2.25. The van der Waals surface area contributed by atoms with E-state index in [2.05, 4.69) is 10.6 Å². The molecule has 2 N–H and O–H groups in total. The van der Waals surface area contributed by atoms with Crippen molar-refractivity contribution >= 4 is 29.0 Å². The number of benzene rings is 2. The number of amides is 2. The third-order valence-corrected chi connectivity index (χ3v) is 3.64. The fraction of sp³-hybridized carbons (Fsp3) is 0.200. The number of nitrogens with one attached hydrogen (secondary N) is 2. The standard InChI is InChI=1S/C20H19N3O3/c1-14-2-4-15(5-3-14)18(24)10-11-19(25)22-16-6-8-17(9-7-16)23-20(26)12-13-21/h2-9H,10-12H2,1H3,(H,22,25)(H,23,26). The maximum absolute atomic E-state index is 12.1. The molecular formula is C20H19N3O3. The number of carbonyl (C=O) groups excluding carboxylic acids is 3. The molecule has 0 saturated heterocycles. The van der Waals surface area contributed by atoms with Gasteiger partial charge in [0.15, 0.2) is 5.78 Å². The highest BCUT2D eigenvalue weighted by atomic mass is 16.2. The molecule has 2 aromatic rings. The third kappa shape index (κ3) is 5.87. The normalized spacial score (nSPS) is 9.85. The van der Waals surface area contributed by atoms with Gasteiger partial charge in [-0.05, 0) is 31.2 Å². The minimum Gasteiger partial charge on any atom is -0.326 e. The van der Waals surface area contributed by atoms with Crippen LogP contribution in [0.1, 0.15) is 35.2 Å². The van der Waals surface area contributed by atoms with E-state index in [9.17, 15) is 14.4 Å². The SMILES string of the molecule is Cc1ccc(C(=O)CCC(=O)Nc2ccc(NC(=O)CC#N)cc2)cc1. The lowest BCUT2D eigenvalue weighted by atomic mass is 10.0. The number of Topliss-reactive ketones (excluding diaryl/α,β-unsaturated/α-hetero) is 1. The maximum atomic E-state index is 12.1. The summed E-state index contributed by atoms with van der Waals surface area (Å²) in [5, 5.41) is 13.7. The Balaban J connectivity index is 1.82. The molecule has 132 valence electrons. The van der Waals surface area contributed by atoms with Crippen LogP contribution < -0.4 is 10.6 Å². The van der Waals surface area contributed by atoms with E-state index in [1.807, 2.05) is 19.1 Å². The first-order chi connectivity index (χ1) is 12.5. The first kappa shape index (κ1) is 18.9. The van der Waals surface area contributed by atoms with E-state index in [4.69, 9.17) is 5.26 Å². The van der Waals surface area contributed by atoms with Gasteiger partial charge in [-0.15, -0.1) is 0 Å². The van der Waals surface area contributed by atoms with Crippen LogP contribution in [0.5, 0.6) is 0 Å². The van der Waals surface area contributed by atoms with Gasteiger partial charge >= 0.3 is 0 Å². The van der Waals surface area contributed by atoms with Crippen LogP contribution >= 0.6 is 0 Å². The highest BCUT2D eigenvalue weighted by Crippen LogP contribution is 2.15. The van der Waals surface area contributed by atoms with Gasteiger partial charge < -0.3 is 10.6 Å². The molecule has 0 unspecified atom stereocenters. The molecular weight excluding hydrogens is 330 g/mol. The van der Waals surface area contributed by atoms with E-state index in [1.54, 1.807) is 42.5 Å². The van der Waals surface area contributed by atoms with Crippen molar-refractivity contribution in [2.75, 3.05) is 10.6 Å². The van der Waals surface area contributed by atoms with Gasteiger partial charge in [0, 0.05) is 29.8 Å². The monoisotopic (exact) mass is 349 g/mol. The minimum absolute atomic E-state index is 0.0734. The lowest BCUT2D eigenvalue weighted by Crippen LogP contribution is -2.14. The maximum Gasteiger partial charge on any atom is 0.238 e. The highest BCUT2D eigenvalue weighted by Gasteiger charge is 2.10. The van der Waals surface area contributed by atoms with Crippen LogP contribution in [0.4, 0.5) is 11.4 Å². The van der Waals surface area contributed by atoms with Gasteiger partial charge in [-0.25, -0.2) is 0 Å². The Morgan fingerprint density at radius 2 is 1.38 bits per heavy atom. The highest BCUT2D eigenvalue weighted by molar-refractivity contribution is 6.00. The van der Waals surface area contributed by atoms with Crippen molar-refractivity contribution in [1.82, 2.24) is 0 Å². The Kier molecular flexibility index (Phi) is 6.63. The molecule has 0 bridgehead atoms. The molecule has 6 nitrogen and oxygen atoms in total. The first-order valence-electron chi connectivity index (χ1n) is 8.14. The second-order valence-corrected chi connectivity index (χ2v) is 5.80. The summed E-state index contributed by atoms with van der Waals surface area (Å²) in [5.41, 5.74) is 2.78. The van der Waals surface area contributed by atoms with E-state index in [0.717, 1.165) is 5.56 Å². The first-order valence-corrected chi connectivity index (χ1v) is 8.14. The second kappa shape index (κ2) is 9.14. The number of rotatable bonds is 7. The van der Waals surface area contributed by atoms with Crippen LogP contribution in [-0.4, -0.2) is 17.6 Å². The van der Waals surface area contributed by atoms with Crippen LogP contribution in [0, 0.1) is 18.3 Å². The summed E-state index contributed by atoms with van der Waals surface area (Å²) >= 11 is 0. The number of anilines is 2. The minimum atomic E-state index is -0.390. The van der Waals surface area contributed by atoms with E-state index < -0.39 is 0 Å². The number of carbonyl (C=O) groups is 3. The molecule has 6 heteroatoms. The molecule has 0 aliphatic carbocycles. The van der Waals surface area contributed by atoms with Crippen molar-refractivity contribution in [1.29, 1.82) is 5.26 Å². The Hall–Kier alpha value is -3.46. The summed E-state index contributed by atoms with van der Waals surface area (Å²) in [6, 6.07) is 15.6. The topological polar surface area (TPSA) is 99.1 Å². The Bertz CT molecular complexity index is 834. The number of nitriles is 1. The predicted octanol–water partition coefficient (Wildman–Crippen LogP) is 3.45. The van der Waals surface area contributed by atoms with Crippen molar-refractivity contribution in [3.8, 4) is 6.07 Å². The summed E-state index contributed by atoms with van der Waals surface area (Å²) in [6.07, 6.45) is 0.0120. The van der Waals surface area contributed by atoms with Gasteiger partial charge in [-0.3, -0.25) is 14.4 Å². The van der Waals surface area contributed by atoms with Crippen LogP contribution in [-0.2, 0) is 9.59 Å². The molecule has 0 spiro atoms. The van der Waals surface area contributed by atoms with Crippen LogP contribution in [0.15, 0.2) is 48.5 Å². The zero-order valence-electron chi connectivity index (χ0n) is 14.4. The average Bonchev–Trinajstić information content (AvgIpc) is 2.62. The number of aryl methyl sites for hydroxylation is 1. The summed E-state index contributed by atoms with van der Waals surface area (Å²) < 4.78 is 0. The van der Waals surface area contributed by atoms with Crippen molar-refractivity contribution in [2.45, 2.75) is 26.2 Å². The number of hydrogen-bond acceptors (Lipinski definition) is 4. The van der Waals surface area contributed by atoms with Gasteiger partial charge in [0.1, 0.15) is 6.42 Å². The van der Waals surface area contributed by atoms with Crippen molar-refractivity contribution < 1.29 is 14.4 Å². The fourth-order valence-electron chi connectivity index (χ4n) is 2.25. The van der Waals surface area contributed by atoms with E-state index >= 15 is 0 Å². The Morgan fingerprint density at radius 1 is 0.846 bits per heavy atom. The Morgan fingerprint density at radius 3 is 1.92 bits per heavy atom. The molecule has 0 aliphatic rings. The number of nitrogens with zero attached hydrogens (tertiary/aromatic N) is 1. The zero-order chi connectivity index (χ0) is 18.9. The van der Waals surface area contributed by atoms with Crippen molar-refractivity contribution in [2.24, 2.45) is 0 Å². The van der Waals surface area contributed by atoms with E-state index in [1.165, 1.54) is 0 Å². The summed E-state index contributed by atoms with van der Waals surface area (Å²) in [5.74, 6) is -0.721. The van der Waals surface area contributed by atoms with Gasteiger partial charge in [0.2, 0.25) is 11.8 Å². The van der Waals surface area contributed by atoms with Gasteiger partial charge in [0.25, 0.3) is 0 Å². The Labute approximate surface area is 151 Å². The van der Waals surface area contributed by atoms with E-state index in [-0.39, 0.29) is 36.9 Å². The molecule has 2 rings (SSSR count). The molecule has 0 fully saturated rings. The second-order valence-electron chi connectivity index (χ2n) is 5.80. The summed E-state index contributed by atoms with van der Waals surface area (Å²) in [6.45, 7) is 1.95. The molecule has 2 amide bonds. The quantitative estimate of drug-likeness (QED) is 0.748. The van der Waals surface area contributed by atoms with E-state index in [0.29, 0.717) is 16.9 Å². The zero-order valence-corrected chi connectivity index (χ0v) is 14.4. The molecule has 0 heterocycles. The molecule has 0 aromatic heterocycles. The molecule has 0 atom stereocenters. The molecule has 0 radical (unpaired) electrons. The van der Waals surface area contributed by atoms with Crippen LogP contribution in [0.25, 0.3) is 0 Å². The van der Waals surface area contributed by atoms with Gasteiger partial charge in [0.05, 0.1) is 6.07 Å². The molecule has 26 heavy (non-hydrogen) atoms. The molecule has 0 aliphatic heterocycles. The molecule has 2 aromatic carbocycles. The molecule has 0 saturated carbocycles. The third-order valence-electron chi connectivity index (χ3n) is 3.64. The summed E-state index contributed by atoms with van der Waals surface area (Å²) in [7, 11) is 0. The number of ketones is 1. The average molecular weight is 349 g/mol. The van der Waals surface area contributed by atoms with Crippen LogP contribution in [0.3, 0.4) is 0 Å². The van der Waals surface area contributed by atoms with Crippen molar-refractivity contribution in [3.05, 3.63) is 59.7 Å². The predicted molar refractivity (Wildman–Crippen MR) is 98.7 cm³/mol. The lowest BCUT2D eigenvalue weighted by Gasteiger charge is -2.07.